The molecule has 1 N–H and O–H groups in total. The second-order valence-corrected chi connectivity index (χ2v) is 9.40. The molecule has 4 rings (SSSR count). The van der Waals surface area contributed by atoms with E-state index in [1.165, 1.54) is 18.6 Å². The molecule has 5 nitrogen and oxygen atoms in total. The number of urea groups is 1. The first-order valence-electron chi connectivity index (χ1n) is 11.3. The van der Waals surface area contributed by atoms with E-state index >= 15 is 0 Å². The molecule has 2 heterocycles. The zero-order valence-corrected chi connectivity index (χ0v) is 18.0. The summed E-state index contributed by atoms with van der Waals surface area (Å²) in [5.41, 5.74) is -0.435. The second kappa shape index (κ2) is 8.61. The van der Waals surface area contributed by atoms with Crippen molar-refractivity contribution < 1.29 is 13.6 Å². The van der Waals surface area contributed by atoms with E-state index in [1.54, 1.807) is 4.90 Å². The number of halogens is 2. The molecule has 30 heavy (non-hydrogen) atoms. The number of amidine groups is 1. The minimum atomic E-state index is -0.689. The molecule has 1 unspecified atom stereocenters. The van der Waals surface area contributed by atoms with Gasteiger partial charge in [0.1, 0.15) is 23.0 Å². The second-order valence-electron chi connectivity index (χ2n) is 9.40. The summed E-state index contributed by atoms with van der Waals surface area (Å²) in [5.74, 6) is -0.0923. The van der Waals surface area contributed by atoms with Crippen molar-refractivity contribution in [2.45, 2.75) is 70.4 Å². The lowest BCUT2D eigenvalue weighted by Crippen LogP contribution is -2.52. The number of hydrogen-bond donors (Lipinski definition) is 1. The van der Waals surface area contributed by atoms with Gasteiger partial charge in [-0.3, -0.25) is 15.2 Å². The molecule has 1 aromatic rings. The third-order valence-electron chi connectivity index (χ3n) is 6.64. The lowest BCUT2D eigenvalue weighted by atomic mass is 9.93. The fourth-order valence-electron chi connectivity index (χ4n) is 5.03. The van der Waals surface area contributed by atoms with Crippen LogP contribution in [0.4, 0.5) is 19.3 Å². The van der Waals surface area contributed by atoms with Gasteiger partial charge in [-0.1, -0.05) is 33.1 Å². The Bertz CT molecular complexity index is 801. The molecule has 0 aromatic heterocycles. The van der Waals surface area contributed by atoms with Crippen molar-refractivity contribution in [1.82, 2.24) is 10.2 Å². The Kier molecular flexibility index (Phi) is 6.09. The maximum Gasteiger partial charge on any atom is 0.328 e. The van der Waals surface area contributed by atoms with Crippen LogP contribution in [0.1, 0.15) is 58.8 Å². The van der Waals surface area contributed by atoms with Crippen molar-refractivity contribution in [1.29, 1.82) is 0 Å². The Morgan fingerprint density at radius 2 is 1.87 bits per heavy atom. The zero-order chi connectivity index (χ0) is 21.3. The molecule has 164 valence electrons. The van der Waals surface area contributed by atoms with Crippen LogP contribution in [0.15, 0.2) is 23.2 Å². The maximum atomic E-state index is 14.0. The molecule has 7 heteroatoms. The molecule has 1 atom stereocenters. The molecule has 1 aliphatic carbocycles. The molecular weight excluding hydrogens is 386 g/mol. The van der Waals surface area contributed by atoms with Crippen LogP contribution in [0.5, 0.6) is 0 Å². The molecule has 2 aliphatic heterocycles. The summed E-state index contributed by atoms with van der Waals surface area (Å²) in [6.45, 7) is 6.80. The monoisotopic (exact) mass is 418 g/mol. The van der Waals surface area contributed by atoms with Crippen molar-refractivity contribution in [2.75, 3.05) is 24.5 Å². The normalized spacial score (nSPS) is 27.0. The molecule has 0 bridgehead atoms. The van der Waals surface area contributed by atoms with E-state index in [-0.39, 0.29) is 17.8 Å². The fourth-order valence-corrected chi connectivity index (χ4v) is 5.03. The van der Waals surface area contributed by atoms with Gasteiger partial charge >= 0.3 is 6.03 Å². The molecule has 2 saturated heterocycles. The fraction of sp³-hybridized carbons (Fsp3) is 0.652. The number of likely N-dealkylation sites (tertiary alicyclic amines) is 1. The van der Waals surface area contributed by atoms with Gasteiger partial charge in [-0.15, -0.1) is 0 Å². The van der Waals surface area contributed by atoms with Gasteiger partial charge in [0, 0.05) is 19.2 Å². The third kappa shape index (κ3) is 4.22. The number of rotatable bonds is 5. The van der Waals surface area contributed by atoms with Gasteiger partial charge in [-0.2, -0.15) is 0 Å². The van der Waals surface area contributed by atoms with Crippen LogP contribution in [-0.2, 0) is 0 Å². The van der Waals surface area contributed by atoms with E-state index in [9.17, 15) is 13.6 Å². The summed E-state index contributed by atoms with van der Waals surface area (Å²) in [6.07, 6.45) is 7.37. The first-order chi connectivity index (χ1) is 14.4. The van der Waals surface area contributed by atoms with Gasteiger partial charge in [0.15, 0.2) is 0 Å². The summed E-state index contributed by atoms with van der Waals surface area (Å²) in [6, 6.07) is 3.18. The number of nitrogens with one attached hydrogen (secondary N) is 1. The van der Waals surface area contributed by atoms with Gasteiger partial charge in [0.25, 0.3) is 0 Å². The van der Waals surface area contributed by atoms with Crippen LogP contribution in [0.2, 0.25) is 0 Å². The highest BCUT2D eigenvalue weighted by Crippen LogP contribution is 2.38. The summed E-state index contributed by atoms with van der Waals surface area (Å²) in [7, 11) is 0. The topological polar surface area (TPSA) is 47.9 Å². The minimum Gasteiger partial charge on any atom is -0.300 e. The molecule has 3 fully saturated rings. The van der Waals surface area contributed by atoms with Crippen LogP contribution < -0.4 is 10.2 Å². The largest absolute Gasteiger partial charge is 0.328 e. The van der Waals surface area contributed by atoms with Crippen LogP contribution in [0, 0.1) is 17.6 Å². The summed E-state index contributed by atoms with van der Waals surface area (Å²) in [4.78, 5) is 22.0. The third-order valence-corrected chi connectivity index (χ3v) is 6.64. The Morgan fingerprint density at radius 3 is 2.53 bits per heavy atom. The molecule has 1 saturated carbocycles. The quantitative estimate of drug-likeness (QED) is 0.752. The van der Waals surface area contributed by atoms with E-state index in [0.29, 0.717) is 24.7 Å². The van der Waals surface area contributed by atoms with E-state index in [1.807, 2.05) is 0 Å². The number of nitrogens with zero attached hydrogens (tertiary/aromatic N) is 3. The summed E-state index contributed by atoms with van der Waals surface area (Å²) >= 11 is 0. The standard InChI is InChI=1S/C23H32F2N4O/c1-16(2)8-10-28-11-9-23(15-28)21(26-19-6-4-3-5-7-19)27-22(30)29(23)20-13-17(24)12-18(25)14-20/h12-14,16,19H,3-11,15H2,1-2H3,(H,26,27,30). The van der Waals surface area contributed by atoms with Gasteiger partial charge in [0.05, 0.1) is 11.7 Å². The van der Waals surface area contributed by atoms with Crippen LogP contribution in [0.3, 0.4) is 0 Å². The van der Waals surface area contributed by atoms with Crippen LogP contribution >= 0.6 is 0 Å². The lowest BCUT2D eigenvalue weighted by Gasteiger charge is -2.34. The van der Waals surface area contributed by atoms with Crippen LogP contribution in [0.25, 0.3) is 0 Å². The van der Waals surface area contributed by atoms with Crippen molar-refractivity contribution in [3.8, 4) is 0 Å². The molecular formula is C23H32F2N4O. The predicted molar refractivity (Wildman–Crippen MR) is 115 cm³/mol. The predicted octanol–water partition coefficient (Wildman–Crippen LogP) is 4.72. The number of carbonyl (C=O) groups is 1. The highest BCUT2D eigenvalue weighted by Gasteiger charge is 2.55. The number of anilines is 1. The average molecular weight is 419 g/mol. The Morgan fingerprint density at radius 1 is 1.17 bits per heavy atom. The number of benzene rings is 1. The summed E-state index contributed by atoms with van der Waals surface area (Å²) in [5, 5.41) is 2.97. The van der Waals surface area contributed by atoms with Crippen molar-refractivity contribution in [3.05, 3.63) is 29.8 Å². The van der Waals surface area contributed by atoms with E-state index < -0.39 is 17.2 Å². The number of carbonyl (C=O) groups excluding carboxylic acids is 1. The highest BCUT2D eigenvalue weighted by atomic mass is 19.1. The molecule has 2 amide bonds. The number of amides is 2. The SMILES string of the molecule is CC(C)CCN1CCC2(C1)C(=NC1CCCCC1)NC(=O)N2c1cc(F)cc(F)c1. The van der Waals surface area contributed by atoms with Crippen molar-refractivity contribution in [2.24, 2.45) is 10.9 Å². The Balaban J connectivity index is 1.69. The smallest absolute Gasteiger partial charge is 0.300 e. The Labute approximate surface area is 177 Å². The summed E-state index contributed by atoms with van der Waals surface area (Å²) < 4.78 is 28.0. The number of aliphatic imine (C=N–C) groups is 1. The van der Waals surface area contributed by atoms with Gasteiger partial charge in [0.2, 0.25) is 0 Å². The van der Waals surface area contributed by atoms with E-state index in [0.717, 1.165) is 51.3 Å². The molecule has 1 aromatic carbocycles. The van der Waals surface area contributed by atoms with Gasteiger partial charge < -0.3 is 4.90 Å². The Hall–Kier alpha value is -2.02. The average Bonchev–Trinajstić information content (AvgIpc) is 3.22. The lowest BCUT2D eigenvalue weighted by molar-refractivity contribution is 0.250. The zero-order valence-electron chi connectivity index (χ0n) is 18.0. The highest BCUT2D eigenvalue weighted by molar-refractivity contribution is 6.19. The van der Waals surface area contributed by atoms with Crippen molar-refractivity contribution in [3.63, 3.8) is 0 Å². The van der Waals surface area contributed by atoms with E-state index in [4.69, 9.17) is 4.99 Å². The molecule has 1 spiro atoms. The first kappa shape index (κ1) is 21.2. The minimum absolute atomic E-state index is 0.208. The van der Waals surface area contributed by atoms with E-state index in [2.05, 4.69) is 24.1 Å². The van der Waals surface area contributed by atoms with Crippen LogP contribution in [-0.4, -0.2) is 48.0 Å². The molecule has 0 radical (unpaired) electrons. The first-order valence-corrected chi connectivity index (χ1v) is 11.3. The molecule has 3 aliphatic rings. The van der Waals surface area contributed by atoms with Gasteiger partial charge in [-0.25, -0.2) is 13.6 Å². The van der Waals surface area contributed by atoms with Crippen molar-refractivity contribution >= 4 is 17.6 Å². The number of hydrogen-bond acceptors (Lipinski definition) is 3. The van der Waals surface area contributed by atoms with Gasteiger partial charge in [-0.05, 0) is 50.3 Å². The maximum absolute atomic E-state index is 14.0.